The molecule has 1 atom stereocenters. The maximum absolute atomic E-state index is 14.1. The highest BCUT2D eigenvalue weighted by Crippen LogP contribution is 2.29. The molecule has 0 radical (unpaired) electrons. The van der Waals surface area contributed by atoms with Crippen LogP contribution in [0, 0.1) is 11.7 Å². The van der Waals surface area contributed by atoms with E-state index in [4.69, 9.17) is 5.73 Å². The average molecular weight is 365 g/mol. The van der Waals surface area contributed by atoms with Gasteiger partial charge in [-0.1, -0.05) is 37.7 Å². The molecule has 7 nitrogen and oxygen atoms in total. The zero-order valence-electron chi connectivity index (χ0n) is 14.2. The standard InChI is InChI=1S/C16H20FN5O2S/c1-9(2)8-22-13(11-6-4-5-7-12(11)17)20-21-16(22)25-10(3)14(23)19-15(18)24/h4-7,9-10H,8H2,1-3H3,(H3,18,19,23,24)/t10-/m0/s1. The highest BCUT2D eigenvalue weighted by atomic mass is 32.2. The van der Waals surface area contributed by atoms with Crippen LogP contribution in [0.3, 0.4) is 0 Å². The Labute approximate surface area is 149 Å². The maximum Gasteiger partial charge on any atom is 0.318 e. The van der Waals surface area contributed by atoms with Crippen molar-refractivity contribution >= 4 is 23.7 Å². The molecule has 3 N–H and O–H groups in total. The van der Waals surface area contributed by atoms with Crippen LogP contribution in [0.1, 0.15) is 20.8 Å². The first-order valence-electron chi connectivity index (χ1n) is 7.74. The van der Waals surface area contributed by atoms with Gasteiger partial charge in [0.25, 0.3) is 0 Å². The van der Waals surface area contributed by atoms with Crippen molar-refractivity contribution in [2.75, 3.05) is 0 Å². The second-order valence-corrected chi connectivity index (χ2v) is 7.21. The summed E-state index contributed by atoms with van der Waals surface area (Å²) in [6.07, 6.45) is 0. The highest BCUT2D eigenvalue weighted by Gasteiger charge is 2.23. The summed E-state index contributed by atoms with van der Waals surface area (Å²) in [4.78, 5) is 22.7. The van der Waals surface area contributed by atoms with Gasteiger partial charge in [-0.2, -0.15) is 0 Å². The summed E-state index contributed by atoms with van der Waals surface area (Å²) < 4.78 is 15.9. The molecule has 9 heteroatoms. The van der Waals surface area contributed by atoms with E-state index in [1.54, 1.807) is 29.7 Å². The summed E-state index contributed by atoms with van der Waals surface area (Å²) in [6, 6.07) is 5.41. The predicted octanol–water partition coefficient (Wildman–Crippen LogP) is 2.42. The van der Waals surface area contributed by atoms with Gasteiger partial charge in [0.15, 0.2) is 11.0 Å². The van der Waals surface area contributed by atoms with Crippen molar-refractivity contribution < 1.29 is 14.0 Å². The number of urea groups is 1. The van der Waals surface area contributed by atoms with Crippen LogP contribution in [0.25, 0.3) is 11.4 Å². The lowest BCUT2D eigenvalue weighted by molar-refractivity contribution is -0.119. The van der Waals surface area contributed by atoms with Crippen LogP contribution in [-0.2, 0) is 11.3 Å². The Kier molecular flexibility index (Phi) is 6.13. The molecular weight excluding hydrogens is 345 g/mol. The lowest BCUT2D eigenvalue weighted by atomic mass is 10.2. The molecule has 0 saturated carbocycles. The summed E-state index contributed by atoms with van der Waals surface area (Å²) in [5.41, 5.74) is 5.31. The van der Waals surface area contributed by atoms with Crippen LogP contribution in [0.15, 0.2) is 29.4 Å². The number of imide groups is 1. The molecule has 1 aromatic heterocycles. The number of rotatable bonds is 6. The number of halogens is 1. The Balaban J connectivity index is 2.34. The number of amides is 3. The van der Waals surface area contributed by atoms with Crippen molar-refractivity contribution in [2.24, 2.45) is 11.7 Å². The lowest BCUT2D eigenvalue weighted by Gasteiger charge is -2.14. The van der Waals surface area contributed by atoms with E-state index < -0.39 is 23.0 Å². The molecule has 2 rings (SSSR count). The van der Waals surface area contributed by atoms with Gasteiger partial charge in [0.2, 0.25) is 5.91 Å². The SMILES string of the molecule is CC(C)Cn1c(S[C@@H](C)C(=O)NC(N)=O)nnc1-c1ccccc1F. The smallest absolute Gasteiger partial charge is 0.318 e. The molecule has 25 heavy (non-hydrogen) atoms. The minimum atomic E-state index is -0.909. The molecule has 0 bridgehead atoms. The summed E-state index contributed by atoms with van der Waals surface area (Å²) in [7, 11) is 0. The van der Waals surface area contributed by atoms with Crippen LogP contribution in [0.5, 0.6) is 0 Å². The summed E-state index contributed by atoms with van der Waals surface area (Å²) in [5, 5.41) is 10.1. The van der Waals surface area contributed by atoms with Crippen LogP contribution in [-0.4, -0.2) is 32.0 Å². The number of nitrogens with one attached hydrogen (secondary N) is 1. The molecule has 0 spiro atoms. The number of thioether (sulfide) groups is 1. The highest BCUT2D eigenvalue weighted by molar-refractivity contribution is 8.00. The van der Waals surface area contributed by atoms with Crippen molar-refractivity contribution in [1.82, 2.24) is 20.1 Å². The maximum atomic E-state index is 14.1. The molecule has 0 saturated heterocycles. The van der Waals surface area contributed by atoms with Gasteiger partial charge in [0.1, 0.15) is 5.82 Å². The zero-order valence-corrected chi connectivity index (χ0v) is 15.0. The number of nitrogens with two attached hydrogens (primary N) is 1. The molecule has 1 heterocycles. The zero-order chi connectivity index (χ0) is 18.6. The topological polar surface area (TPSA) is 103 Å². The first kappa shape index (κ1) is 18.9. The number of carbonyl (C=O) groups is 2. The van der Waals surface area contributed by atoms with E-state index in [1.165, 1.54) is 6.07 Å². The Morgan fingerprint density at radius 1 is 1.28 bits per heavy atom. The third kappa shape index (κ3) is 4.79. The van der Waals surface area contributed by atoms with Crippen LogP contribution in [0.2, 0.25) is 0 Å². The first-order chi connectivity index (χ1) is 11.8. The predicted molar refractivity (Wildman–Crippen MR) is 93.3 cm³/mol. The Morgan fingerprint density at radius 3 is 2.56 bits per heavy atom. The minimum absolute atomic E-state index is 0.260. The van der Waals surface area contributed by atoms with E-state index in [-0.39, 0.29) is 5.92 Å². The normalized spacial score (nSPS) is 12.2. The van der Waals surface area contributed by atoms with Crippen molar-refractivity contribution in [2.45, 2.75) is 37.7 Å². The van der Waals surface area contributed by atoms with E-state index in [1.807, 2.05) is 19.2 Å². The van der Waals surface area contributed by atoms with Crippen LogP contribution >= 0.6 is 11.8 Å². The number of carbonyl (C=O) groups excluding carboxylic acids is 2. The van der Waals surface area contributed by atoms with Gasteiger partial charge in [-0.25, -0.2) is 9.18 Å². The fraction of sp³-hybridized carbons (Fsp3) is 0.375. The van der Waals surface area contributed by atoms with E-state index >= 15 is 0 Å². The van der Waals surface area contributed by atoms with Crippen molar-refractivity contribution in [3.8, 4) is 11.4 Å². The number of hydrogen-bond donors (Lipinski definition) is 2. The quantitative estimate of drug-likeness (QED) is 0.765. The molecule has 2 aromatic rings. The Bertz CT molecular complexity index is 778. The van der Waals surface area contributed by atoms with Crippen molar-refractivity contribution in [3.05, 3.63) is 30.1 Å². The monoisotopic (exact) mass is 365 g/mol. The van der Waals surface area contributed by atoms with E-state index in [9.17, 15) is 14.0 Å². The second-order valence-electron chi connectivity index (χ2n) is 5.90. The van der Waals surface area contributed by atoms with E-state index in [0.717, 1.165) is 11.8 Å². The molecule has 0 unspecified atom stereocenters. The molecule has 0 aliphatic carbocycles. The third-order valence-corrected chi connectivity index (χ3v) is 4.36. The fourth-order valence-electron chi connectivity index (χ4n) is 2.18. The minimum Gasteiger partial charge on any atom is -0.351 e. The van der Waals surface area contributed by atoms with Gasteiger partial charge >= 0.3 is 6.03 Å². The number of hydrogen-bond acceptors (Lipinski definition) is 5. The van der Waals surface area contributed by atoms with Gasteiger partial charge in [0.05, 0.1) is 10.8 Å². The van der Waals surface area contributed by atoms with Gasteiger partial charge < -0.3 is 10.3 Å². The van der Waals surface area contributed by atoms with E-state index in [2.05, 4.69) is 10.2 Å². The van der Waals surface area contributed by atoms with Crippen LogP contribution < -0.4 is 11.1 Å². The largest absolute Gasteiger partial charge is 0.351 e. The summed E-state index contributed by atoms with van der Waals surface area (Å²) in [6.45, 7) is 6.22. The molecule has 0 fully saturated rings. The molecule has 0 aliphatic rings. The summed E-state index contributed by atoms with van der Waals surface area (Å²) >= 11 is 1.13. The first-order valence-corrected chi connectivity index (χ1v) is 8.62. The van der Waals surface area contributed by atoms with E-state index in [0.29, 0.717) is 23.1 Å². The Morgan fingerprint density at radius 2 is 1.96 bits per heavy atom. The van der Waals surface area contributed by atoms with Gasteiger partial charge in [0, 0.05) is 6.54 Å². The molecule has 0 aliphatic heterocycles. The average Bonchev–Trinajstić information content (AvgIpc) is 2.89. The number of aromatic nitrogens is 3. The molecule has 1 aromatic carbocycles. The number of nitrogens with zero attached hydrogens (tertiary/aromatic N) is 3. The van der Waals surface area contributed by atoms with Crippen molar-refractivity contribution in [1.29, 1.82) is 0 Å². The van der Waals surface area contributed by atoms with Gasteiger partial charge in [-0.05, 0) is 25.0 Å². The molecule has 134 valence electrons. The number of benzene rings is 1. The van der Waals surface area contributed by atoms with Gasteiger partial charge in [-0.3, -0.25) is 10.1 Å². The van der Waals surface area contributed by atoms with Crippen LogP contribution in [0.4, 0.5) is 9.18 Å². The van der Waals surface area contributed by atoms with Crippen molar-refractivity contribution in [3.63, 3.8) is 0 Å². The number of primary amides is 1. The summed E-state index contributed by atoms with van der Waals surface area (Å²) in [5.74, 6) is -0.257. The fourth-order valence-corrected chi connectivity index (χ4v) is 3.04. The lowest BCUT2D eigenvalue weighted by Crippen LogP contribution is -2.39. The second kappa shape index (κ2) is 8.11. The van der Waals surface area contributed by atoms with Gasteiger partial charge in [-0.15, -0.1) is 10.2 Å². The molecule has 3 amide bonds. The Hall–Kier alpha value is -2.42. The molecular formula is C16H20FN5O2S. The third-order valence-electron chi connectivity index (χ3n) is 3.28.